The molecule has 0 amide bonds. The number of esters is 1. The van der Waals surface area contributed by atoms with E-state index < -0.39 is 12.2 Å². The summed E-state index contributed by atoms with van der Waals surface area (Å²) >= 11 is 0. The van der Waals surface area contributed by atoms with Crippen molar-refractivity contribution in [2.45, 2.75) is 57.3 Å². The van der Waals surface area contributed by atoms with Crippen LogP contribution < -0.4 is 0 Å². The third-order valence-corrected chi connectivity index (χ3v) is 5.63. The van der Waals surface area contributed by atoms with Gasteiger partial charge in [-0.15, -0.1) is 0 Å². The van der Waals surface area contributed by atoms with Crippen molar-refractivity contribution in [2.24, 2.45) is 11.8 Å². The molecule has 0 heterocycles. The first-order valence-electron chi connectivity index (χ1n) is 10.8. The van der Waals surface area contributed by atoms with Crippen molar-refractivity contribution in [1.82, 2.24) is 0 Å². The Kier molecular flexibility index (Phi) is 10.6. The Balaban J connectivity index is 1.86. The van der Waals surface area contributed by atoms with Crippen LogP contribution in [0.25, 0.3) is 0 Å². The second-order valence-corrected chi connectivity index (χ2v) is 8.04. The molecule has 0 aliphatic heterocycles. The zero-order valence-corrected chi connectivity index (χ0v) is 18.4. The number of unbranched alkanes of at least 4 members (excludes halogenated alkanes) is 2. The van der Waals surface area contributed by atoms with E-state index in [9.17, 15) is 19.8 Å². The Labute approximate surface area is 184 Å². The van der Waals surface area contributed by atoms with Gasteiger partial charge in [0.05, 0.1) is 25.9 Å². The first-order chi connectivity index (χ1) is 14.9. The third-order valence-electron chi connectivity index (χ3n) is 5.63. The average molecular weight is 431 g/mol. The molecule has 1 aromatic rings. The molecule has 1 aliphatic rings. The first kappa shape index (κ1) is 25.0. The predicted molar refractivity (Wildman–Crippen MR) is 118 cm³/mol. The van der Waals surface area contributed by atoms with Crippen LogP contribution in [0.2, 0.25) is 0 Å². The monoisotopic (exact) mass is 430 g/mol. The lowest BCUT2D eigenvalue weighted by Crippen LogP contribution is -2.19. The predicted octanol–water partition coefficient (Wildman–Crippen LogP) is 3.15. The van der Waals surface area contributed by atoms with Crippen molar-refractivity contribution >= 4 is 11.8 Å². The summed E-state index contributed by atoms with van der Waals surface area (Å²) in [7, 11) is 2.99. The number of ketones is 1. The quantitative estimate of drug-likeness (QED) is 0.229. The van der Waals surface area contributed by atoms with Gasteiger partial charge in [-0.05, 0) is 30.4 Å². The fourth-order valence-electron chi connectivity index (χ4n) is 4.05. The van der Waals surface area contributed by atoms with E-state index in [0.717, 1.165) is 30.4 Å². The normalized spacial score (nSPS) is 22.5. The number of allylic oxidation sites excluding steroid dienone is 1. The average Bonchev–Trinajstić information content (AvgIpc) is 3.01. The molecule has 1 saturated carbocycles. The third kappa shape index (κ3) is 8.40. The highest BCUT2D eigenvalue weighted by molar-refractivity contribution is 5.84. The summed E-state index contributed by atoms with van der Waals surface area (Å²) in [5, 5.41) is 20.8. The van der Waals surface area contributed by atoms with Gasteiger partial charge in [0.25, 0.3) is 0 Å². The smallest absolute Gasteiger partial charge is 0.330 e. The van der Waals surface area contributed by atoms with Crippen LogP contribution in [0, 0.1) is 11.8 Å². The van der Waals surface area contributed by atoms with Crippen LogP contribution in [-0.4, -0.2) is 48.4 Å². The van der Waals surface area contributed by atoms with Gasteiger partial charge in [0.2, 0.25) is 0 Å². The number of ether oxygens (including phenoxy) is 2. The zero-order chi connectivity index (χ0) is 22.6. The molecule has 0 bridgehead atoms. The molecule has 170 valence electrons. The number of aliphatic hydroxyl groups is 2. The van der Waals surface area contributed by atoms with Crippen molar-refractivity contribution in [2.75, 3.05) is 14.2 Å². The van der Waals surface area contributed by atoms with Crippen LogP contribution in [0.4, 0.5) is 0 Å². The summed E-state index contributed by atoms with van der Waals surface area (Å²) in [6.07, 6.45) is 9.01. The van der Waals surface area contributed by atoms with Crippen LogP contribution in [0.15, 0.2) is 48.6 Å². The summed E-state index contributed by atoms with van der Waals surface area (Å²) in [6.45, 7) is 0.524. The molecular formula is C25H34O6. The molecule has 1 aromatic carbocycles. The molecule has 0 unspecified atom stereocenters. The second kappa shape index (κ2) is 13.2. The van der Waals surface area contributed by atoms with Gasteiger partial charge in [-0.1, -0.05) is 48.9 Å². The van der Waals surface area contributed by atoms with Gasteiger partial charge < -0.3 is 19.7 Å². The molecule has 6 nitrogen and oxygen atoms in total. The Morgan fingerprint density at radius 3 is 2.77 bits per heavy atom. The fraction of sp³-hybridized carbons (Fsp3) is 0.520. The highest BCUT2D eigenvalue weighted by atomic mass is 16.5. The SMILES string of the molecule is COCc1cccc(C[C@H](O)/C=C/[C@H]2[C@H](O)CC(=O)[C@@H]2CCCC/C=C/C(=O)OC)c1. The molecule has 2 N–H and O–H groups in total. The topological polar surface area (TPSA) is 93.1 Å². The lowest BCUT2D eigenvalue weighted by atomic mass is 9.88. The van der Waals surface area contributed by atoms with Crippen molar-refractivity contribution < 1.29 is 29.3 Å². The number of aliphatic hydroxyl groups excluding tert-OH is 2. The number of carbonyl (C=O) groups is 2. The van der Waals surface area contributed by atoms with E-state index in [1.807, 2.05) is 24.3 Å². The van der Waals surface area contributed by atoms with Crippen LogP contribution in [0.1, 0.15) is 43.2 Å². The van der Waals surface area contributed by atoms with Crippen LogP contribution in [-0.2, 0) is 32.1 Å². The molecule has 1 fully saturated rings. The summed E-state index contributed by atoms with van der Waals surface area (Å²) in [5.74, 6) is -0.794. The number of rotatable bonds is 12. The Morgan fingerprint density at radius 1 is 1.26 bits per heavy atom. The number of Topliss-reactive ketones (excluding diaryl/α,β-unsaturated/α-hetero) is 1. The van der Waals surface area contributed by atoms with Crippen LogP contribution in [0.5, 0.6) is 0 Å². The van der Waals surface area contributed by atoms with Crippen molar-refractivity contribution in [3.63, 3.8) is 0 Å². The molecule has 0 radical (unpaired) electrons. The maximum absolute atomic E-state index is 12.3. The van der Waals surface area contributed by atoms with E-state index in [4.69, 9.17) is 4.74 Å². The van der Waals surface area contributed by atoms with Crippen LogP contribution >= 0.6 is 0 Å². The minimum atomic E-state index is -0.704. The molecule has 2 rings (SSSR count). The van der Waals surface area contributed by atoms with E-state index in [-0.39, 0.29) is 30.0 Å². The zero-order valence-electron chi connectivity index (χ0n) is 18.4. The summed E-state index contributed by atoms with van der Waals surface area (Å²) in [4.78, 5) is 23.4. The van der Waals surface area contributed by atoms with Gasteiger partial charge in [-0.3, -0.25) is 4.79 Å². The lowest BCUT2D eigenvalue weighted by molar-refractivity contribution is -0.134. The standard InChI is InChI=1S/C25H34O6/c1-30-17-19-9-7-8-18(14-19)15-20(26)12-13-22-21(23(27)16-24(22)28)10-5-3-4-6-11-25(29)31-2/h6-9,11-14,20-22,24,26,28H,3-5,10,15-17H2,1-2H3/b11-6+,13-12+/t20-,21-,22-,24-/m1/s1. The Hall–Kier alpha value is -2.28. The van der Waals surface area contributed by atoms with Crippen molar-refractivity contribution in [3.05, 3.63) is 59.7 Å². The highest BCUT2D eigenvalue weighted by Gasteiger charge is 2.39. The second-order valence-electron chi connectivity index (χ2n) is 8.04. The maximum atomic E-state index is 12.3. The van der Waals surface area contributed by atoms with E-state index >= 15 is 0 Å². The summed E-state index contributed by atoms with van der Waals surface area (Å²) in [5.41, 5.74) is 2.06. The molecule has 0 saturated heterocycles. The van der Waals surface area contributed by atoms with Gasteiger partial charge in [-0.2, -0.15) is 0 Å². The van der Waals surface area contributed by atoms with Crippen LogP contribution in [0.3, 0.4) is 0 Å². The molecular weight excluding hydrogens is 396 g/mol. The number of hydrogen-bond acceptors (Lipinski definition) is 6. The highest BCUT2D eigenvalue weighted by Crippen LogP contribution is 2.34. The van der Waals surface area contributed by atoms with Gasteiger partial charge in [-0.25, -0.2) is 4.79 Å². The molecule has 6 heteroatoms. The van der Waals surface area contributed by atoms with E-state index in [1.54, 1.807) is 25.3 Å². The summed E-state index contributed by atoms with van der Waals surface area (Å²) < 4.78 is 9.69. The van der Waals surface area contributed by atoms with E-state index in [1.165, 1.54) is 13.2 Å². The number of hydrogen-bond donors (Lipinski definition) is 2. The van der Waals surface area contributed by atoms with Gasteiger partial charge >= 0.3 is 5.97 Å². The van der Waals surface area contributed by atoms with Crippen molar-refractivity contribution in [3.8, 4) is 0 Å². The van der Waals surface area contributed by atoms with Gasteiger partial charge in [0, 0.05) is 37.9 Å². The fourth-order valence-corrected chi connectivity index (χ4v) is 4.05. The van der Waals surface area contributed by atoms with Gasteiger partial charge in [0.1, 0.15) is 5.78 Å². The van der Waals surface area contributed by atoms with Gasteiger partial charge in [0.15, 0.2) is 0 Å². The van der Waals surface area contributed by atoms with Crippen molar-refractivity contribution in [1.29, 1.82) is 0 Å². The maximum Gasteiger partial charge on any atom is 0.330 e. The molecule has 1 aliphatic carbocycles. The summed E-state index contributed by atoms with van der Waals surface area (Å²) in [6, 6.07) is 7.88. The molecule has 31 heavy (non-hydrogen) atoms. The number of methoxy groups -OCH3 is 2. The van der Waals surface area contributed by atoms with E-state index in [2.05, 4.69) is 4.74 Å². The minimum absolute atomic E-state index is 0.0778. The lowest BCUT2D eigenvalue weighted by Gasteiger charge is -2.18. The number of carbonyl (C=O) groups excluding carboxylic acids is 2. The molecule has 4 atom stereocenters. The molecule has 0 spiro atoms. The Morgan fingerprint density at radius 2 is 2.03 bits per heavy atom. The minimum Gasteiger partial charge on any atom is -0.466 e. The first-order valence-corrected chi connectivity index (χ1v) is 10.8. The molecule has 0 aromatic heterocycles. The number of benzene rings is 1. The largest absolute Gasteiger partial charge is 0.466 e. The van der Waals surface area contributed by atoms with E-state index in [0.29, 0.717) is 19.4 Å². The Bertz CT molecular complexity index is 769.